The fourth-order valence-electron chi connectivity index (χ4n) is 2.01. The minimum absolute atomic E-state index is 0.130. The van der Waals surface area contributed by atoms with Crippen molar-refractivity contribution in [2.45, 2.75) is 0 Å². The average Bonchev–Trinajstić information content (AvgIpc) is 2.60. The predicted octanol–water partition coefficient (Wildman–Crippen LogP) is 2.76. The Kier molecular flexibility index (Phi) is 5.40. The van der Waals surface area contributed by atoms with Crippen LogP contribution in [0.15, 0.2) is 61.2 Å². The molecular formula is C17H15N3O4. The first kappa shape index (κ1) is 16.9. The molecule has 24 heavy (non-hydrogen) atoms. The molecule has 7 nitrogen and oxygen atoms in total. The summed E-state index contributed by atoms with van der Waals surface area (Å²) >= 11 is 0. The highest BCUT2D eigenvalue weighted by Gasteiger charge is 2.15. The van der Waals surface area contributed by atoms with E-state index in [2.05, 4.69) is 17.2 Å². The normalized spacial score (nSPS) is 9.83. The van der Waals surface area contributed by atoms with Gasteiger partial charge in [-0.3, -0.25) is 19.7 Å². The van der Waals surface area contributed by atoms with Crippen molar-refractivity contribution in [2.75, 3.05) is 11.9 Å². The number of para-hydroxylation sites is 1. The number of nitrogens with zero attached hydrogens (tertiary/aromatic N) is 1. The lowest BCUT2D eigenvalue weighted by Crippen LogP contribution is -2.25. The van der Waals surface area contributed by atoms with E-state index >= 15 is 0 Å². The Morgan fingerprint density at radius 2 is 1.88 bits per heavy atom. The molecule has 0 heterocycles. The Labute approximate surface area is 138 Å². The molecule has 0 bridgehead atoms. The van der Waals surface area contributed by atoms with Gasteiger partial charge in [0.15, 0.2) is 0 Å². The Morgan fingerprint density at radius 1 is 1.12 bits per heavy atom. The number of rotatable bonds is 6. The summed E-state index contributed by atoms with van der Waals surface area (Å²) in [6, 6.07) is 11.9. The van der Waals surface area contributed by atoms with Gasteiger partial charge in [-0.1, -0.05) is 24.3 Å². The smallest absolute Gasteiger partial charge is 0.270 e. The van der Waals surface area contributed by atoms with Gasteiger partial charge in [-0.25, -0.2) is 0 Å². The number of nitrogens with one attached hydrogen (secondary N) is 2. The molecule has 0 spiro atoms. The van der Waals surface area contributed by atoms with E-state index in [1.54, 1.807) is 30.3 Å². The molecule has 7 heteroatoms. The second kappa shape index (κ2) is 7.68. The number of amides is 2. The molecule has 0 aliphatic carbocycles. The average molecular weight is 325 g/mol. The van der Waals surface area contributed by atoms with Crippen LogP contribution in [0, 0.1) is 10.1 Å². The van der Waals surface area contributed by atoms with E-state index in [-0.39, 0.29) is 22.7 Å². The first-order chi connectivity index (χ1) is 11.5. The van der Waals surface area contributed by atoms with Crippen LogP contribution < -0.4 is 10.6 Å². The summed E-state index contributed by atoms with van der Waals surface area (Å²) < 4.78 is 0. The van der Waals surface area contributed by atoms with Crippen molar-refractivity contribution in [2.24, 2.45) is 0 Å². The van der Waals surface area contributed by atoms with Crippen LogP contribution in [0.3, 0.4) is 0 Å². The number of nitro groups is 1. The first-order valence-corrected chi connectivity index (χ1v) is 7.07. The van der Waals surface area contributed by atoms with Crippen molar-refractivity contribution in [3.8, 4) is 0 Å². The van der Waals surface area contributed by atoms with Gasteiger partial charge in [0.1, 0.15) is 0 Å². The molecule has 2 N–H and O–H groups in total. The molecule has 2 aromatic carbocycles. The minimum atomic E-state index is -0.576. The van der Waals surface area contributed by atoms with Crippen molar-refractivity contribution in [1.29, 1.82) is 0 Å². The molecule has 0 saturated carbocycles. The van der Waals surface area contributed by atoms with Gasteiger partial charge in [0.2, 0.25) is 0 Å². The maximum Gasteiger partial charge on any atom is 0.270 e. The van der Waals surface area contributed by atoms with E-state index in [4.69, 9.17) is 0 Å². The molecule has 2 amide bonds. The summed E-state index contributed by atoms with van der Waals surface area (Å²) in [6.45, 7) is 3.82. The summed E-state index contributed by atoms with van der Waals surface area (Å²) in [4.78, 5) is 34.6. The largest absolute Gasteiger partial charge is 0.349 e. The second-order valence-corrected chi connectivity index (χ2v) is 4.81. The van der Waals surface area contributed by atoms with Crippen molar-refractivity contribution >= 4 is 23.2 Å². The highest BCUT2D eigenvalue weighted by atomic mass is 16.6. The molecule has 0 atom stereocenters. The van der Waals surface area contributed by atoms with E-state index in [1.807, 2.05) is 0 Å². The molecule has 0 fully saturated rings. The van der Waals surface area contributed by atoms with Crippen LogP contribution in [0.4, 0.5) is 11.4 Å². The minimum Gasteiger partial charge on any atom is -0.349 e. The summed E-state index contributed by atoms with van der Waals surface area (Å²) in [5.41, 5.74) is 0.555. The van der Waals surface area contributed by atoms with E-state index in [0.717, 1.165) is 0 Å². The second-order valence-electron chi connectivity index (χ2n) is 4.81. The Hall–Kier alpha value is -3.48. The van der Waals surface area contributed by atoms with Crippen molar-refractivity contribution in [3.63, 3.8) is 0 Å². The van der Waals surface area contributed by atoms with Crippen LogP contribution in [0.25, 0.3) is 0 Å². The van der Waals surface area contributed by atoms with Crippen molar-refractivity contribution in [3.05, 3.63) is 82.4 Å². The molecule has 122 valence electrons. The summed E-state index contributed by atoms with van der Waals surface area (Å²) in [7, 11) is 0. The number of carbonyl (C=O) groups is 2. The predicted molar refractivity (Wildman–Crippen MR) is 90.0 cm³/mol. The molecule has 0 aliphatic heterocycles. The number of hydrogen-bond donors (Lipinski definition) is 2. The molecule has 0 aliphatic rings. The molecule has 2 aromatic rings. The monoisotopic (exact) mass is 325 g/mol. The number of hydrogen-bond acceptors (Lipinski definition) is 4. The standard InChI is InChI=1S/C17H15N3O4/c1-2-10-18-17(22)14-8-3-4-9-15(14)19-16(21)12-6-5-7-13(11-12)20(23)24/h2-9,11H,1,10H2,(H,18,22)(H,19,21). The number of non-ortho nitro benzene ring substituents is 1. The lowest BCUT2D eigenvalue weighted by molar-refractivity contribution is -0.384. The van der Waals surface area contributed by atoms with Gasteiger partial charge in [0.25, 0.3) is 17.5 Å². The summed E-state index contributed by atoms with van der Waals surface area (Å²) in [6.07, 6.45) is 1.54. The molecule has 2 rings (SSSR count). The van der Waals surface area contributed by atoms with Crippen LogP contribution in [0.1, 0.15) is 20.7 Å². The molecule has 0 saturated heterocycles. The zero-order chi connectivity index (χ0) is 17.5. The molecule has 0 aromatic heterocycles. The highest BCUT2D eigenvalue weighted by molar-refractivity contribution is 6.09. The summed E-state index contributed by atoms with van der Waals surface area (Å²) in [5, 5.41) is 16.0. The lowest BCUT2D eigenvalue weighted by atomic mass is 10.1. The molecule has 0 radical (unpaired) electrons. The fourth-order valence-corrected chi connectivity index (χ4v) is 2.01. The SMILES string of the molecule is C=CCNC(=O)c1ccccc1NC(=O)c1cccc([N+](=O)[O-])c1. The Balaban J connectivity index is 2.23. The van der Waals surface area contributed by atoms with Crippen molar-refractivity contribution < 1.29 is 14.5 Å². The van der Waals surface area contributed by atoms with Gasteiger partial charge < -0.3 is 10.6 Å². The zero-order valence-electron chi connectivity index (χ0n) is 12.7. The maximum absolute atomic E-state index is 12.3. The van der Waals surface area contributed by atoms with E-state index in [1.165, 1.54) is 24.3 Å². The fraction of sp³-hybridized carbons (Fsp3) is 0.0588. The van der Waals surface area contributed by atoms with Gasteiger partial charge in [-0.15, -0.1) is 6.58 Å². The van der Waals surface area contributed by atoms with Gasteiger partial charge in [0, 0.05) is 24.2 Å². The topological polar surface area (TPSA) is 101 Å². The quantitative estimate of drug-likeness (QED) is 0.484. The third-order valence-corrected chi connectivity index (χ3v) is 3.15. The lowest BCUT2D eigenvalue weighted by Gasteiger charge is -2.10. The van der Waals surface area contributed by atoms with E-state index in [0.29, 0.717) is 12.2 Å². The third-order valence-electron chi connectivity index (χ3n) is 3.15. The number of nitro benzene ring substituents is 1. The van der Waals surface area contributed by atoms with Gasteiger partial charge >= 0.3 is 0 Å². The number of benzene rings is 2. The number of carbonyl (C=O) groups excluding carboxylic acids is 2. The molecular weight excluding hydrogens is 310 g/mol. The van der Waals surface area contributed by atoms with Crippen LogP contribution in [-0.4, -0.2) is 23.3 Å². The van der Waals surface area contributed by atoms with Gasteiger partial charge in [0.05, 0.1) is 16.2 Å². The Morgan fingerprint density at radius 3 is 2.58 bits per heavy atom. The first-order valence-electron chi connectivity index (χ1n) is 7.07. The van der Waals surface area contributed by atoms with Gasteiger partial charge in [-0.2, -0.15) is 0 Å². The van der Waals surface area contributed by atoms with Crippen molar-refractivity contribution in [1.82, 2.24) is 5.32 Å². The highest BCUT2D eigenvalue weighted by Crippen LogP contribution is 2.18. The van der Waals surface area contributed by atoms with Crippen LogP contribution in [0.5, 0.6) is 0 Å². The molecule has 0 unspecified atom stereocenters. The zero-order valence-corrected chi connectivity index (χ0v) is 12.7. The Bertz CT molecular complexity index is 802. The van der Waals surface area contributed by atoms with Gasteiger partial charge in [-0.05, 0) is 18.2 Å². The van der Waals surface area contributed by atoms with E-state index in [9.17, 15) is 19.7 Å². The van der Waals surface area contributed by atoms with Crippen LogP contribution in [-0.2, 0) is 0 Å². The third kappa shape index (κ3) is 4.04. The number of anilines is 1. The maximum atomic E-state index is 12.3. The summed E-state index contributed by atoms with van der Waals surface area (Å²) in [5.74, 6) is -0.896. The van der Waals surface area contributed by atoms with E-state index < -0.39 is 10.8 Å². The van der Waals surface area contributed by atoms with Crippen LogP contribution in [0.2, 0.25) is 0 Å². The van der Waals surface area contributed by atoms with Crippen LogP contribution >= 0.6 is 0 Å².